The summed E-state index contributed by atoms with van der Waals surface area (Å²) >= 11 is 6.26. The Bertz CT molecular complexity index is 1270. The molecular weight excluding hydrogens is 396 g/mol. The zero-order chi connectivity index (χ0) is 20.9. The van der Waals surface area contributed by atoms with Gasteiger partial charge in [-0.3, -0.25) is 4.98 Å². The molecule has 1 aliphatic rings. The van der Waals surface area contributed by atoms with Crippen molar-refractivity contribution in [2.45, 2.75) is 25.9 Å². The first kappa shape index (κ1) is 19.0. The highest BCUT2D eigenvalue weighted by Gasteiger charge is 2.24. The number of nitrogens with zero attached hydrogens (tertiary/aromatic N) is 4. The summed E-state index contributed by atoms with van der Waals surface area (Å²) in [6.45, 7) is 4.37. The van der Waals surface area contributed by atoms with Crippen LogP contribution in [0.4, 0.5) is 11.5 Å². The Hall–Kier alpha value is -3.02. The lowest BCUT2D eigenvalue weighted by Gasteiger charge is -2.21. The Morgan fingerprint density at radius 1 is 1.00 bits per heavy atom. The molecule has 0 atom stereocenters. The van der Waals surface area contributed by atoms with Crippen LogP contribution in [0.5, 0.6) is 0 Å². The molecule has 0 saturated carbocycles. The summed E-state index contributed by atoms with van der Waals surface area (Å²) in [6, 6.07) is 14.1. The molecule has 0 unspecified atom stereocenters. The summed E-state index contributed by atoms with van der Waals surface area (Å²) in [5.74, 6) is 0.870. The van der Waals surface area contributed by atoms with Gasteiger partial charge in [0.25, 0.3) is 0 Å². The molecule has 2 aromatic heterocycles. The molecule has 0 fully saturated rings. The van der Waals surface area contributed by atoms with Gasteiger partial charge in [-0.2, -0.15) is 0 Å². The fraction of sp³-hybridized carbons (Fsp3) is 0.208. The number of anilines is 2. The monoisotopic (exact) mass is 416 g/mol. The molecule has 0 radical (unpaired) electrons. The van der Waals surface area contributed by atoms with Crippen LogP contribution in [0.3, 0.4) is 0 Å². The molecule has 0 amide bonds. The minimum atomic E-state index is -0.952. The molecule has 0 spiro atoms. The number of fused-ring (bicyclic) bond motifs is 2. The van der Waals surface area contributed by atoms with E-state index >= 15 is 0 Å². The van der Waals surface area contributed by atoms with E-state index in [0.717, 1.165) is 52.1 Å². The number of aliphatic hydroxyl groups is 1. The second-order valence-electron chi connectivity index (χ2n) is 8.13. The number of rotatable bonds is 3. The maximum absolute atomic E-state index is 10.4. The normalized spacial score (nSPS) is 13.7. The Balaban J connectivity index is 1.64. The molecule has 2 aromatic carbocycles. The number of benzene rings is 2. The summed E-state index contributed by atoms with van der Waals surface area (Å²) in [7, 11) is 0. The molecule has 4 aromatic rings. The Labute approximate surface area is 180 Å². The summed E-state index contributed by atoms with van der Waals surface area (Å²) < 4.78 is 0. The van der Waals surface area contributed by atoms with E-state index in [-0.39, 0.29) is 0 Å². The number of pyridine rings is 1. The number of hydrogen-bond donors (Lipinski definition) is 1. The standard InChI is InChI=1S/C24H21ClN4O/c1-24(2,30)18-9-17(12-26-13-18)16-4-6-21-20(10-16)23(28-14-27-21)29-8-7-15-3-5-19(25)11-22(15)29/h3-6,9-14,30H,7-8H2,1-2H3. The maximum Gasteiger partial charge on any atom is 0.144 e. The van der Waals surface area contributed by atoms with Gasteiger partial charge >= 0.3 is 0 Å². The summed E-state index contributed by atoms with van der Waals surface area (Å²) in [5, 5.41) is 12.0. The molecule has 3 heterocycles. The molecule has 6 heteroatoms. The third-order valence-electron chi connectivity index (χ3n) is 5.59. The molecule has 150 valence electrons. The minimum Gasteiger partial charge on any atom is -0.386 e. The largest absolute Gasteiger partial charge is 0.386 e. The third kappa shape index (κ3) is 3.30. The zero-order valence-corrected chi connectivity index (χ0v) is 17.6. The van der Waals surface area contributed by atoms with E-state index in [1.165, 1.54) is 5.56 Å². The topological polar surface area (TPSA) is 62.1 Å². The van der Waals surface area contributed by atoms with Gasteiger partial charge in [-0.05, 0) is 61.7 Å². The summed E-state index contributed by atoms with van der Waals surface area (Å²) in [6.07, 6.45) is 6.07. The van der Waals surface area contributed by atoms with E-state index < -0.39 is 5.60 Å². The SMILES string of the molecule is CC(C)(O)c1cncc(-c2ccc3ncnc(N4CCc5ccc(Cl)cc54)c3c2)c1. The first-order chi connectivity index (χ1) is 14.4. The van der Waals surface area contributed by atoms with E-state index in [4.69, 9.17) is 11.6 Å². The van der Waals surface area contributed by atoms with E-state index in [1.54, 1.807) is 26.4 Å². The van der Waals surface area contributed by atoms with Gasteiger partial charge in [0.1, 0.15) is 12.1 Å². The van der Waals surface area contributed by atoms with Gasteiger partial charge in [0.2, 0.25) is 0 Å². The molecule has 5 nitrogen and oxygen atoms in total. The van der Waals surface area contributed by atoms with Crippen molar-refractivity contribution in [3.05, 3.63) is 77.3 Å². The number of halogens is 1. The van der Waals surface area contributed by atoms with Crippen molar-refractivity contribution in [2.24, 2.45) is 0 Å². The van der Waals surface area contributed by atoms with Crippen LogP contribution < -0.4 is 4.90 Å². The highest BCUT2D eigenvalue weighted by Crippen LogP contribution is 2.39. The van der Waals surface area contributed by atoms with Gasteiger partial charge in [-0.1, -0.05) is 23.7 Å². The highest BCUT2D eigenvalue weighted by atomic mass is 35.5. The lowest BCUT2D eigenvalue weighted by Crippen LogP contribution is -2.16. The van der Waals surface area contributed by atoms with Crippen LogP contribution in [-0.4, -0.2) is 26.6 Å². The van der Waals surface area contributed by atoms with Crippen LogP contribution >= 0.6 is 11.6 Å². The Kier molecular flexibility index (Phi) is 4.45. The molecule has 0 saturated heterocycles. The summed E-state index contributed by atoms with van der Waals surface area (Å²) in [5.41, 5.74) is 5.01. The van der Waals surface area contributed by atoms with Crippen molar-refractivity contribution >= 4 is 34.0 Å². The fourth-order valence-electron chi connectivity index (χ4n) is 3.94. The lowest BCUT2D eigenvalue weighted by molar-refractivity contribution is 0.0783. The molecule has 5 rings (SSSR count). The van der Waals surface area contributed by atoms with Crippen molar-refractivity contribution in [3.63, 3.8) is 0 Å². The van der Waals surface area contributed by atoms with Crippen LogP contribution in [-0.2, 0) is 12.0 Å². The smallest absolute Gasteiger partial charge is 0.144 e. The minimum absolute atomic E-state index is 0.717. The van der Waals surface area contributed by atoms with Crippen LogP contribution in [0.25, 0.3) is 22.0 Å². The van der Waals surface area contributed by atoms with Gasteiger partial charge in [0.15, 0.2) is 0 Å². The Morgan fingerprint density at radius 2 is 1.87 bits per heavy atom. The third-order valence-corrected chi connectivity index (χ3v) is 5.83. The average molecular weight is 417 g/mol. The fourth-order valence-corrected chi connectivity index (χ4v) is 4.11. The number of hydrogen-bond acceptors (Lipinski definition) is 5. The van der Waals surface area contributed by atoms with Crippen molar-refractivity contribution in [1.29, 1.82) is 0 Å². The maximum atomic E-state index is 10.4. The highest BCUT2D eigenvalue weighted by molar-refractivity contribution is 6.31. The van der Waals surface area contributed by atoms with Crippen LogP contribution in [0.1, 0.15) is 25.0 Å². The number of aromatic nitrogens is 3. The van der Waals surface area contributed by atoms with Crippen molar-refractivity contribution < 1.29 is 5.11 Å². The van der Waals surface area contributed by atoms with Crippen molar-refractivity contribution in [1.82, 2.24) is 15.0 Å². The molecule has 0 aliphatic carbocycles. The van der Waals surface area contributed by atoms with Gasteiger partial charge in [0.05, 0.1) is 11.1 Å². The molecule has 1 N–H and O–H groups in total. The van der Waals surface area contributed by atoms with Crippen LogP contribution in [0.15, 0.2) is 61.2 Å². The van der Waals surface area contributed by atoms with E-state index in [9.17, 15) is 5.11 Å². The first-order valence-corrected chi connectivity index (χ1v) is 10.3. The van der Waals surface area contributed by atoms with Crippen LogP contribution in [0.2, 0.25) is 5.02 Å². The van der Waals surface area contributed by atoms with E-state index in [0.29, 0.717) is 5.02 Å². The lowest BCUT2D eigenvalue weighted by atomic mass is 9.96. The van der Waals surface area contributed by atoms with Crippen LogP contribution in [0, 0.1) is 0 Å². The molecular formula is C24H21ClN4O. The van der Waals surface area contributed by atoms with E-state index in [1.807, 2.05) is 36.5 Å². The van der Waals surface area contributed by atoms with Gasteiger partial charge in [-0.15, -0.1) is 0 Å². The van der Waals surface area contributed by atoms with E-state index in [2.05, 4.69) is 32.0 Å². The van der Waals surface area contributed by atoms with Gasteiger partial charge in [-0.25, -0.2) is 9.97 Å². The predicted octanol–water partition coefficient (Wildman–Crippen LogP) is 5.27. The summed E-state index contributed by atoms with van der Waals surface area (Å²) in [4.78, 5) is 15.6. The van der Waals surface area contributed by atoms with Gasteiger partial charge < -0.3 is 10.0 Å². The molecule has 1 aliphatic heterocycles. The predicted molar refractivity (Wildman–Crippen MR) is 120 cm³/mol. The van der Waals surface area contributed by atoms with Crippen molar-refractivity contribution in [3.8, 4) is 11.1 Å². The average Bonchev–Trinajstić information content (AvgIpc) is 3.15. The second-order valence-corrected chi connectivity index (χ2v) is 8.56. The molecule has 30 heavy (non-hydrogen) atoms. The Morgan fingerprint density at radius 3 is 2.70 bits per heavy atom. The van der Waals surface area contributed by atoms with Gasteiger partial charge in [0, 0.05) is 46.2 Å². The van der Waals surface area contributed by atoms with Crippen molar-refractivity contribution in [2.75, 3.05) is 11.4 Å². The first-order valence-electron chi connectivity index (χ1n) is 9.89. The molecule has 0 bridgehead atoms. The second kappa shape index (κ2) is 7.04. The zero-order valence-electron chi connectivity index (χ0n) is 16.8. The quantitative estimate of drug-likeness (QED) is 0.493.